The molecule has 0 atom stereocenters. The largest absolute Gasteiger partial charge is 0.367 e. The maximum atomic E-state index is 13.4. The van der Waals surface area contributed by atoms with Gasteiger partial charge in [0.15, 0.2) is 0 Å². The molecule has 4 aromatic carbocycles. The van der Waals surface area contributed by atoms with Crippen molar-refractivity contribution >= 4 is 28.7 Å². The summed E-state index contributed by atoms with van der Waals surface area (Å²) in [4.78, 5) is 24.2. The first kappa shape index (κ1) is 25.9. The highest BCUT2D eigenvalue weighted by Gasteiger charge is 2.14. The van der Waals surface area contributed by atoms with Crippen LogP contribution >= 0.6 is 0 Å². The molecule has 0 aliphatic carbocycles. The van der Waals surface area contributed by atoms with Crippen LogP contribution < -0.4 is 5.32 Å². The highest BCUT2D eigenvalue weighted by atomic mass is 16.2. The Kier molecular flexibility index (Phi) is 8.08. The highest BCUT2D eigenvalue weighted by Crippen LogP contribution is 2.28. The first-order valence-electron chi connectivity index (χ1n) is 13.2. The number of nitrogens with one attached hydrogen (secondary N) is 1. The standard InChI is InChI=1S/C34H32N4O/c1-25(2)37-34-31-21-30(17-18-32(31)35-24-36-34)29-15-9-14-28(20-29)23-38(22-27-12-7-4-8-13-27)33(39)19-16-26-10-5-3-6-11-26/h3-21,24-25H,22-23H2,1-2H3,(H,35,36,37). The second kappa shape index (κ2) is 12.2. The van der Waals surface area contributed by atoms with E-state index in [4.69, 9.17) is 0 Å². The molecule has 39 heavy (non-hydrogen) atoms. The van der Waals surface area contributed by atoms with Gasteiger partial charge >= 0.3 is 0 Å². The van der Waals surface area contributed by atoms with Gasteiger partial charge in [0.05, 0.1) is 5.52 Å². The third-order valence-corrected chi connectivity index (χ3v) is 6.44. The number of carbonyl (C=O) groups is 1. The monoisotopic (exact) mass is 512 g/mol. The van der Waals surface area contributed by atoms with Crippen LogP contribution in [-0.2, 0) is 17.9 Å². The number of fused-ring (bicyclic) bond motifs is 1. The molecule has 0 saturated heterocycles. The van der Waals surface area contributed by atoms with E-state index in [2.05, 4.69) is 77.7 Å². The Bertz CT molecular complexity index is 1580. The maximum absolute atomic E-state index is 13.4. The Labute approximate surface area is 229 Å². The van der Waals surface area contributed by atoms with E-state index >= 15 is 0 Å². The highest BCUT2D eigenvalue weighted by molar-refractivity contribution is 5.93. The molecule has 0 aliphatic heterocycles. The lowest BCUT2D eigenvalue weighted by Gasteiger charge is -2.22. The van der Waals surface area contributed by atoms with Crippen molar-refractivity contribution in [3.63, 3.8) is 0 Å². The third kappa shape index (κ3) is 6.76. The molecular formula is C34H32N4O. The molecule has 5 nitrogen and oxygen atoms in total. The molecule has 0 radical (unpaired) electrons. The zero-order chi connectivity index (χ0) is 27.0. The molecule has 0 aliphatic rings. The fourth-order valence-corrected chi connectivity index (χ4v) is 4.55. The van der Waals surface area contributed by atoms with Gasteiger partial charge in [0.2, 0.25) is 5.91 Å². The average molecular weight is 513 g/mol. The summed E-state index contributed by atoms with van der Waals surface area (Å²) in [6.45, 7) is 5.22. The quantitative estimate of drug-likeness (QED) is 0.210. The number of rotatable bonds is 9. The summed E-state index contributed by atoms with van der Waals surface area (Å²) in [5.41, 5.74) is 6.22. The van der Waals surface area contributed by atoms with Gasteiger partial charge in [0.1, 0.15) is 12.1 Å². The minimum Gasteiger partial charge on any atom is -0.367 e. The van der Waals surface area contributed by atoms with Crippen molar-refractivity contribution in [3.05, 3.63) is 132 Å². The van der Waals surface area contributed by atoms with Crippen molar-refractivity contribution in [2.45, 2.75) is 33.0 Å². The predicted molar refractivity (Wildman–Crippen MR) is 160 cm³/mol. The smallest absolute Gasteiger partial charge is 0.247 e. The van der Waals surface area contributed by atoms with Crippen molar-refractivity contribution in [2.75, 3.05) is 5.32 Å². The lowest BCUT2D eigenvalue weighted by molar-refractivity contribution is -0.127. The molecular weight excluding hydrogens is 480 g/mol. The Balaban J connectivity index is 1.43. The maximum Gasteiger partial charge on any atom is 0.247 e. The first-order chi connectivity index (χ1) is 19.0. The van der Waals surface area contributed by atoms with Crippen molar-refractivity contribution in [2.24, 2.45) is 0 Å². The average Bonchev–Trinajstić information content (AvgIpc) is 2.96. The molecule has 194 valence electrons. The van der Waals surface area contributed by atoms with Gasteiger partial charge in [-0.3, -0.25) is 4.79 Å². The van der Waals surface area contributed by atoms with Crippen LogP contribution in [0, 0.1) is 0 Å². The normalized spacial score (nSPS) is 11.3. The number of nitrogens with zero attached hydrogens (tertiary/aromatic N) is 3. The molecule has 1 aromatic heterocycles. The second-order valence-electron chi connectivity index (χ2n) is 9.88. The summed E-state index contributed by atoms with van der Waals surface area (Å²) in [5, 5.41) is 4.41. The molecule has 0 unspecified atom stereocenters. The van der Waals surface area contributed by atoms with Crippen LogP contribution in [0.3, 0.4) is 0 Å². The van der Waals surface area contributed by atoms with Crippen LogP contribution in [0.1, 0.15) is 30.5 Å². The van der Waals surface area contributed by atoms with E-state index in [1.54, 1.807) is 12.4 Å². The first-order valence-corrected chi connectivity index (χ1v) is 13.2. The number of aromatic nitrogens is 2. The van der Waals surface area contributed by atoms with Crippen LogP contribution in [0.5, 0.6) is 0 Å². The van der Waals surface area contributed by atoms with E-state index < -0.39 is 0 Å². The summed E-state index contributed by atoms with van der Waals surface area (Å²) in [6, 6.07) is 34.9. The number of benzene rings is 4. The molecule has 0 fully saturated rings. The lowest BCUT2D eigenvalue weighted by atomic mass is 10.0. The van der Waals surface area contributed by atoms with Crippen molar-refractivity contribution < 1.29 is 4.79 Å². The van der Waals surface area contributed by atoms with Crippen LogP contribution in [0.2, 0.25) is 0 Å². The van der Waals surface area contributed by atoms with Gasteiger partial charge in [0, 0.05) is 30.6 Å². The third-order valence-electron chi connectivity index (χ3n) is 6.44. The molecule has 5 rings (SSSR count). The fourth-order valence-electron chi connectivity index (χ4n) is 4.55. The summed E-state index contributed by atoms with van der Waals surface area (Å²) in [5.74, 6) is 0.804. The number of amides is 1. The van der Waals surface area contributed by atoms with Crippen LogP contribution in [-0.4, -0.2) is 26.8 Å². The zero-order valence-electron chi connectivity index (χ0n) is 22.3. The molecule has 0 spiro atoms. The zero-order valence-corrected chi connectivity index (χ0v) is 22.3. The van der Waals surface area contributed by atoms with Gasteiger partial charge in [-0.1, -0.05) is 84.9 Å². The fraction of sp³-hybridized carbons (Fsp3) is 0.147. The molecule has 5 aromatic rings. The molecule has 1 amide bonds. The van der Waals surface area contributed by atoms with E-state index in [1.165, 1.54) is 0 Å². The second-order valence-corrected chi connectivity index (χ2v) is 9.88. The molecule has 1 heterocycles. The van der Waals surface area contributed by atoms with Gasteiger partial charge < -0.3 is 10.2 Å². The summed E-state index contributed by atoms with van der Waals surface area (Å²) < 4.78 is 0. The molecule has 0 saturated carbocycles. The molecule has 0 bridgehead atoms. The SMILES string of the molecule is CC(C)Nc1ncnc2ccc(-c3cccc(CN(Cc4ccccc4)C(=O)C=Cc4ccccc4)c3)cc12. The van der Waals surface area contributed by atoms with E-state index in [9.17, 15) is 4.79 Å². The summed E-state index contributed by atoms with van der Waals surface area (Å²) in [6.07, 6.45) is 5.13. The van der Waals surface area contributed by atoms with Crippen LogP contribution in [0.15, 0.2) is 116 Å². The van der Waals surface area contributed by atoms with Gasteiger partial charge in [-0.05, 0) is 65.9 Å². The van der Waals surface area contributed by atoms with Crippen molar-refractivity contribution in [3.8, 4) is 11.1 Å². The van der Waals surface area contributed by atoms with E-state index in [0.29, 0.717) is 13.1 Å². The summed E-state index contributed by atoms with van der Waals surface area (Å²) >= 11 is 0. The van der Waals surface area contributed by atoms with Crippen LogP contribution in [0.25, 0.3) is 28.1 Å². The van der Waals surface area contributed by atoms with Crippen LogP contribution in [0.4, 0.5) is 5.82 Å². The topological polar surface area (TPSA) is 58.1 Å². The molecule has 5 heteroatoms. The lowest BCUT2D eigenvalue weighted by Crippen LogP contribution is -2.28. The number of hydrogen-bond acceptors (Lipinski definition) is 4. The number of carbonyl (C=O) groups excluding carboxylic acids is 1. The number of hydrogen-bond donors (Lipinski definition) is 1. The van der Waals surface area contributed by atoms with Crippen molar-refractivity contribution in [1.29, 1.82) is 0 Å². The van der Waals surface area contributed by atoms with Crippen molar-refractivity contribution in [1.82, 2.24) is 14.9 Å². The minimum atomic E-state index is -0.0274. The Morgan fingerprint density at radius 3 is 2.26 bits per heavy atom. The Morgan fingerprint density at radius 1 is 0.795 bits per heavy atom. The van der Waals surface area contributed by atoms with E-state index in [-0.39, 0.29) is 11.9 Å². The van der Waals surface area contributed by atoms with Gasteiger partial charge in [-0.15, -0.1) is 0 Å². The van der Waals surface area contributed by atoms with E-state index in [1.807, 2.05) is 65.6 Å². The Hall–Kier alpha value is -4.77. The summed E-state index contributed by atoms with van der Waals surface area (Å²) in [7, 11) is 0. The molecule has 1 N–H and O–H groups in total. The Morgan fingerprint density at radius 2 is 1.49 bits per heavy atom. The van der Waals surface area contributed by atoms with Gasteiger partial charge in [0.25, 0.3) is 0 Å². The predicted octanol–water partition coefficient (Wildman–Crippen LogP) is 7.36. The number of anilines is 1. The van der Waals surface area contributed by atoms with E-state index in [0.717, 1.165) is 44.5 Å². The van der Waals surface area contributed by atoms with Gasteiger partial charge in [-0.25, -0.2) is 9.97 Å². The van der Waals surface area contributed by atoms with Gasteiger partial charge in [-0.2, -0.15) is 0 Å². The minimum absolute atomic E-state index is 0.0274.